The van der Waals surface area contributed by atoms with Gasteiger partial charge >= 0.3 is 0 Å². The minimum absolute atomic E-state index is 0.220. The fourth-order valence-electron chi connectivity index (χ4n) is 2.36. The Bertz CT molecular complexity index is 832. The maximum Gasteiger partial charge on any atom is 0.196 e. The standard InChI is InChI=1S/C17H15F2N3S/c1-11-5-3-4-6-16(11)22-10-20-21-17(22)23-12(2)14-8-7-13(18)9-15(14)19/h3-10,12H,1-2H3. The van der Waals surface area contributed by atoms with Crippen LogP contribution in [0.25, 0.3) is 5.69 Å². The first kappa shape index (κ1) is 15.7. The second-order valence-corrected chi connectivity index (χ2v) is 6.50. The zero-order valence-electron chi connectivity index (χ0n) is 12.7. The molecule has 0 radical (unpaired) electrons. The molecule has 6 heteroatoms. The van der Waals surface area contributed by atoms with Gasteiger partial charge in [-0.1, -0.05) is 36.0 Å². The molecule has 1 atom stereocenters. The van der Waals surface area contributed by atoms with Gasteiger partial charge in [0, 0.05) is 16.9 Å². The lowest BCUT2D eigenvalue weighted by Gasteiger charge is -2.14. The molecule has 0 aliphatic heterocycles. The van der Waals surface area contributed by atoms with Crippen molar-refractivity contribution in [3.8, 4) is 5.69 Å². The van der Waals surface area contributed by atoms with E-state index >= 15 is 0 Å². The molecule has 0 aliphatic carbocycles. The van der Waals surface area contributed by atoms with Crippen LogP contribution >= 0.6 is 11.8 Å². The summed E-state index contributed by atoms with van der Waals surface area (Å²) < 4.78 is 28.8. The zero-order chi connectivity index (χ0) is 16.4. The van der Waals surface area contributed by atoms with E-state index in [0.717, 1.165) is 17.3 Å². The third-order valence-corrected chi connectivity index (χ3v) is 4.67. The van der Waals surface area contributed by atoms with Gasteiger partial charge in [0.1, 0.15) is 18.0 Å². The number of aromatic nitrogens is 3. The molecule has 0 saturated carbocycles. The van der Waals surface area contributed by atoms with Crippen molar-refractivity contribution in [2.45, 2.75) is 24.3 Å². The SMILES string of the molecule is Cc1ccccc1-n1cnnc1SC(C)c1ccc(F)cc1F. The summed E-state index contributed by atoms with van der Waals surface area (Å²) in [7, 11) is 0. The average molecular weight is 331 g/mol. The van der Waals surface area contributed by atoms with Gasteiger partial charge in [0.25, 0.3) is 0 Å². The molecule has 0 amide bonds. The van der Waals surface area contributed by atoms with Crippen molar-refractivity contribution in [1.82, 2.24) is 14.8 Å². The monoisotopic (exact) mass is 331 g/mol. The molecule has 1 aromatic heterocycles. The topological polar surface area (TPSA) is 30.7 Å². The first-order valence-corrected chi connectivity index (χ1v) is 8.02. The average Bonchev–Trinajstić information content (AvgIpc) is 2.95. The molecule has 0 aliphatic rings. The van der Waals surface area contributed by atoms with Gasteiger partial charge in [-0.05, 0) is 31.5 Å². The molecular weight excluding hydrogens is 316 g/mol. The van der Waals surface area contributed by atoms with Gasteiger partial charge in [-0.2, -0.15) is 0 Å². The molecule has 1 unspecified atom stereocenters. The first-order valence-electron chi connectivity index (χ1n) is 7.14. The smallest absolute Gasteiger partial charge is 0.196 e. The third-order valence-electron chi connectivity index (χ3n) is 3.57. The van der Waals surface area contributed by atoms with Gasteiger partial charge < -0.3 is 0 Å². The van der Waals surface area contributed by atoms with Crippen molar-refractivity contribution >= 4 is 11.8 Å². The Morgan fingerprint density at radius 3 is 2.65 bits per heavy atom. The number of para-hydroxylation sites is 1. The van der Waals surface area contributed by atoms with E-state index < -0.39 is 11.6 Å². The molecule has 23 heavy (non-hydrogen) atoms. The van der Waals surface area contributed by atoms with Crippen LogP contribution in [0.15, 0.2) is 53.9 Å². The minimum atomic E-state index is -0.577. The maximum atomic E-state index is 13.9. The van der Waals surface area contributed by atoms with E-state index in [1.807, 2.05) is 42.7 Å². The fraction of sp³-hybridized carbons (Fsp3) is 0.176. The van der Waals surface area contributed by atoms with E-state index in [1.54, 1.807) is 6.33 Å². The van der Waals surface area contributed by atoms with E-state index in [0.29, 0.717) is 10.7 Å². The summed E-state index contributed by atoms with van der Waals surface area (Å²) in [5.41, 5.74) is 2.51. The second-order valence-electron chi connectivity index (χ2n) is 5.20. The van der Waals surface area contributed by atoms with Crippen molar-refractivity contribution in [2.24, 2.45) is 0 Å². The number of aryl methyl sites for hydroxylation is 1. The summed E-state index contributed by atoms with van der Waals surface area (Å²) in [6, 6.07) is 11.5. The van der Waals surface area contributed by atoms with E-state index in [9.17, 15) is 8.78 Å². The normalized spacial score (nSPS) is 12.3. The van der Waals surface area contributed by atoms with Crippen LogP contribution in [-0.2, 0) is 0 Å². The minimum Gasteiger partial charge on any atom is -0.276 e. The van der Waals surface area contributed by atoms with Crippen LogP contribution < -0.4 is 0 Å². The highest BCUT2D eigenvalue weighted by atomic mass is 32.2. The molecule has 0 saturated heterocycles. The van der Waals surface area contributed by atoms with E-state index in [1.165, 1.54) is 23.9 Å². The van der Waals surface area contributed by atoms with Gasteiger partial charge in [-0.3, -0.25) is 4.57 Å². The number of hydrogen-bond donors (Lipinski definition) is 0. The Kier molecular flexibility index (Phi) is 4.43. The lowest BCUT2D eigenvalue weighted by Crippen LogP contribution is -2.00. The van der Waals surface area contributed by atoms with Crippen molar-refractivity contribution in [1.29, 1.82) is 0 Å². The maximum absolute atomic E-state index is 13.9. The van der Waals surface area contributed by atoms with Crippen LogP contribution in [0.1, 0.15) is 23.3 Å². The molecule has 1 heterocycles. The summed E-state index contributed by atoms with van der Waals surface area (Å²) in [4.78, 5) is 0. The molecule has 3 nitrogen and oxygen atoms in total. The predicted octanol–water partition coefficient (Wildman–Crippen LogP) is 4.71. The summed E-state index contributed by atoms with van der Waals surface area (Å²) in [6.07, 6.45) is 1.64. The highest BCUT2D eigenvalue weighted by Crippen LogP contribution is 2.36. The molecule has 118 valence electrons. The van der Waals surface area contributed by atoms with Crippen molar-refractivity contribution < 1.29 is 8.78 Å². The lowest BCUT2D eigenvalue weighted by atomic mass is 10.1. The number of halogens is 2. The quantitative estimate of drug-likeness (QED) is 0.649. The van der Waals surface area contributed by atoms with Gasteiger partial charge in [0.05, 0.1) is 5.69 Å². The Hall–Kier alpha value is -2.21. The van der Waals surface area contributed by atoms with Crippen LogP contribution in [0.2, 0.25) is 0 Å². The number of benzene rings is 2. The molecule has 3 rings (SSSR count). The summed E-state index contributed by atoms with van der Waals surface area (Å²) in [5.74, 6) is -1.13. The van der Waals surface area contributed by atoms with Gasteiger partial charge in [0.15, 0.2) is 5.16 Å². The highest BCUT2D eigenvalue weighted by molar-refractivity contribution is 7.99. The Morgan fingerprint density at radius 2 is 1.91 bits per heavy atom. The predicted molar refractivity (Wildman–Crippen MR) is 86.7 cm³/mol. The molecule has 2 aromatic carbocycles. The highest BCUT2D eigenvalue weighted by Gasteiger charge is 2.17. The number of hydrogen-bond acceptors (Lipinski definition) is 3. The number of nitrogens with zero attached hydrogens (tertiary/aromatic N) is 3. The summed E-state index contributed by atoms with van der Waals surface area (Å²) in [6.45, 7) is 3.87. The molecular formula is C17H15F2N3S. The molecule has 0 fully saturated rings. The number of thioether (sulfide) groups is 1. The van der Waals surface area contributed by atoms with Crippen LogP contribution in [-0.4, -0.2) is 14.8 Å². The Labute approximate surface area is 137 Å². The van der Waals surface area contributed by atoms with Crippen LogP contribution in [0, 0.1) is 18.6 Å². The second kappa shape index (κ2) is 6.50. The van der Waals surface area contributed by atoms with Gasteiger partial charge in [-0.25, -0.2) is 8.78 Å². The van der Waals surface area contributed by atoms with E-state index in [-0.39, 0.29) is 5.25 Å². The fourth-order valence-corrected chi connectivity index (χ4v) is 3.34. The van der Waals surface area contributed by atoms with E-state index in [4.69, 9.17) is 0 Å². The zero-order valence-corrected chi connectivity index (χ0v) is 13.5. The summed E-state index contributed by atoms with van der Waals surface area (Å²) >= 11 is 1.38. The third kappa shape index (κ3) is 3.27. The van der Waals surface area contributed by atoms with E-state index in [2.05, 4.69) is 10.2 Å². The molecule has 0 spiro atoms. The van der Waals surface area contributed by atoms with Crippen molar-refractivity contribution in [3.05, 3.63) is 71.6 Å². The van der Waals surface area contributed by atoms with Gasteiger partial charge in [-0.15, -0.1) is 10.2 Å². The van der Waals surface area contributed by atoms with Crippen molar-refractivity contribution in [3.63, 3.8) is 0 Å². The molecule has 0 N–H and O–H groups in total. The summed E-state index contributed by atoms with van der Waals surface area (Å²) in [5, 5.41) is 8.53. The van der Waals surface area contributed by atoms with Crippen molar-refractivity contribution in [2.75, 3.05) is 0 Å². The van der Waals surface area contributed by atoms with Crippen LogP contribution in [0.4, 0.5) is 8.78 Å². The van der Waals surface area contributed by atoms with Crippen LogP contribution in [0.5, 0.6) is 0 Å². The Morgan fingerprint density at radius 1 is 1.13 bits per heavy atom. The molecule has 3 aromatic rings. The molecule has 0 bridgehead atoms. The largest absolute Gasteiger partial charge is 0.276 e. The lowest BCUT2D eigenvalue weighted by molar-refractivity contribution is 0.572. The number of rotatable bonds is 4. The first-order chi connectivity index (χ1) is 11.1. The van der Waals surface area contributed by atoms with Gasteiger partial charge in [0.2, 0.25) is 0 Å². The van der Waals surface area contributed by atoms with Crippen LogP contribution in [0.3, 0.4) is 0 Å². The Balaban J connectivity index is 1.90.